The largest absolute Gasteiger partial charge is 0.493 e. The monoisotopic (exact) mass is 492 g/mol. The molecule has 2 heterocycles. The van der Waals surface area contributed by atoms with Crippen LogP contribution < -0.4 is 24.3 Å². The zero-order chi connectivity index (χ0) is 23.7. The van der Waals surface area contributed by atoms with Crippen LogP contribution in [0.15, 0.2) is 65.5 Å². The SMILES string of the molecule is COc1cc(C=c2sc3nc4ccccc4n3c2=O)cc(Cl)c1OCCOc1ccc(C)cc1. The van der Waals surface area contributed by atoms with Gasteiger partial charge in [0, 0.05) is 0 Å². The second-order valence-electron chi connectivity index (χ2n) is 7.68. The molecule has 0 amide bonds. The van der Waals surface area contributed by atoms with Crippen molar-refractivity contribution in [2.45, 2.75) is 6.92 Å². The topological polar surface area (TPSA) is 62.1 Å². The average molecular weight is 493 g/mol. The van der Waals surface area contributed by atoms with E-state index in [1.807, 2.05) is 55.5 Å². The van der Waals surface area contributed by atoms with Crippen molar-refractivity contribution >= 4 is 45.0 Å². The second kappa shape index (κ2) is 9.37. The third kappa shape index (κ3) is 4.32. The molecule has 0 aliphatic carbocycles. The number of hydrogen-bond acceptors (Lipinski definition) is 6. The Hall–Kier alpha value is -3.55. The third-order valence-corrected chi connectivity index (χ3v) is 6.56. The van der Waals surface area contributed by atoms with Gasteiger partial charge in [0.15, 0.2) is 16.5 Å². The molecular formula is C26H21ClN2O4S. The van der Waals surface area contributed by atoms with Crippen molar-refractivity contribution in [3.05, 3.63) is 91.7 Å². The molecule has 0 spiro atoms. The molecule has 0 saturated heterocycles. The van der Waals surface area contributed by atoms with E-state index in [-0.39, 0.29) is 5.56 Å². The van der Waals surface area contributed by atoms with Crippen molar-refractivity contribution in [1.82, 2.24) is 9.38 Å². The molecule has 8 heteroatoms. The van der Waals surface area contributed by atoms with Crippen molar-refractivity contribution in [1.29, 1.82) is 0 Å². The number of methoxy groups -OCH3 is 1. The van der Waals surface area contributed by atoms with Crippen molar-refractivity contribution in [3.8, 4) is 17.2 Å². The first kappa shape index (κ1) is 22.3. The van der Waals surface area contributed by atoms with Crippen LogP contribution >= 0.6 is 22.9 Å². The summed E-state index contributed by atoms with van der Waals surface area (Å²) in [5.74, 6) is 1.69. The van der Waals surface area contributed by atoms with E-state index in [2.05, 4.69) is 4.98 Å². The molecule has 5 aromatic rings. The lowest BCUT2D eigenvalue weighted by Gasteiger charge is -2.14. The number of halogens is 1. The number of nitrogens with zero attached hydrogens (tertiary/aromatic N) is 2. The van der Waals surface area contributed by atoms with Crippen LogP contribution in [0.4, 0.5) is 0 Å². The zero-order valence-electron chi connectivity index (χ0n) is 18.6. The van der Waals surface area contributed by atoms with Gasteiger partial charge in [-0.3, -0.25) is 4.79 Å². The molecule has 0 aliphatic heterocycles. The van der Waals surface area contributed by atoms with E-state index in [4.69, 9.17) is 25.8 Å². The van der Waals surface area contributed by atoms with Gasteiger partial charge in [-0.1, -0.05) is 52.8 Å². The summed E-state index contributed by atoms with van der Waals surface area (Å²) in [4.78, 5) is 18.2. The number of para-hydroxylation sites is 2. The number of hydrogen-bond donors (Lipinski definition) is 0. The van der Waals surface area contributed by atoms with Gasteiger partial charge in [0.05, 0.1) is 27.7 Å². The molecule has 0 unspecified atom stereocenters. The molecule has 0 atom stereocenters. The van der Waals surface area contributed by atoms with Crippen LogP contribution in [0.3, 0.4) is 0 Å². The summed E-state index contributed by atoms with van der Waals surface area (Å²) in [6.07, 6.45) is 1.79. The molecule has 6 nitrogen and oxygen atoms in total. The van der Waals surface area contributed by atoms with Crippen LogP contribution in [0.5, 0.6) is 17.2 Å². The molecule has 0 radical (unpaired) electrons. The molecule has 0 aliphatic rings. The van der Waals surface area contributed by atoms with Gasteiger partial charge in [0.25, 0.3) is 5.56 Å². The van der Waals surface area contributed by atoms with Gasteiger partial charge in [0.1, 0.15) is 19.0 Å². The van der Waals surface area contributed by atoms with Gasteiger partial charge in [-0.15, -0.1) is 0 Å². The maximum atomic E-state index is 13.0. The Labute approximate surface area is 204 Å². The summed E-state index contributed by atoms with van der Waals surface area (Å²) in [5.41, 5.74) is 3.39. The maximum Gasteiger partial charge on any atom is 0.274 e. The summed E-state index contributed by atoms with van der Waals surface area (Å²) in [5, 5.41) is 0.389. The smallest absolute Gasteiger partial charge is 0.274 e. The molecule has 0 N–H and O–H groups in total. The fourth-order valence-electron chi connectivity index (χ4n) is 3.66. The predicted octanol–water partition coefficient (Wildman–Crippen LogP) is 4.89. The lowest BCUT2D eigenvalue weighted by molar-refractivity contribution is 0.211. The molecule has 3 aromatic carbocycles. The van der Waals surface area contributed by atoms with E-state index >= 15 is 0 Å². The van der Waals surface area contributed by atoms with E-state index in [1.165, 1.54) is 16.9 Å². The first-order valence-corrected chi connectivity index (χ1v) is 11.8. The van der Waals surface area contributed by atoms with Gasteiger partial charge in [0.2, 0.25) is 0 Å². The number of benzene rings is 3. The number of aromatic nitrogens is 2. The highest BCUT2D eigenvalue weighted by molar-refractivity contribution is 7.15. The summed E-state index contributed by atoms with van der Waals surface area (Å²) >= 11 is 7.85. The predicted molar refractivity (Wildman–Crippen MR) is 136 cm³/mol. The van der Waals surface area contributed by atoms with Crippen LogP contribution in [0.25, 0.3) is 22.1 Å². The van der Waals surface area contributed by atoms with E-state index in [0.717, 1.165) is 22.3 Å². The lowest BCUT2D eigenvalue weighted by Crippen LogP contribution is -2.22. The minimum Gasteiger partial charge on any atom is -0.493 e. The number of rotatable bonds is 7. The van der Waals surface area contributed by atoms with Gasteiger partial charge in [-0.05, 0) is 55.0 Å². The van der Waals surface area contributed by atoms with Gasteiger partial charge < -0.3 is 14.2 Å². The van der Waals surface area contributed by atoms with E-state index in [1.54, 1.807) is 29.7 Å². The third-order valence-electron chi connectivity index (χ3n) is 5.31. The Balaban J connectivity index is 1.38. The Morgan fingerprint density at radius 1 is 1.06 bits per heavy atom. The van der Waals surface area contributed by atoms with Crippen molar-refractivity contribution in [2.75, 3.05) is 20.3 Å². The van der Waals surface area contributed by atoms with Crippen LogP contribution in [-0.4, -0.2) is 29.7 Å². The van der Waals surface area contributed by atoms with Crippen LogP contribution in [0.2, 0.25) is 5.02 Å². The molecule has 0 fully saturated rings. The summed E-state index contributed by atoms with van der Waals surface area (Å²) in [7, 11) is 1.55. The molecule has 2 aromatic heterocycles. The van der Waals surface area contributed by atoms with E-state index < -0.39 is 0 Å². The molecule has 172 valence electrons. The Bertz CT molecular complexity index is 1590. The highest BCUT2D eigenvalue weighted by Crippen LogP contribution is 2.36. The Morgan fingerprint density at radius 3 is 2.62 bits per heavy atom. The van der Waals surface area contributed by atoms with Crippen LogP contribution in [-0.2, 0) is 0 Å². The van der Waals surface area contributed by atoms with Crippen molar-refractivity contribution in [2.24, 2.45) is 0 Å². The van der Waals surface area contributed by atoms with Crippen LogP contribution in [0.1, 0.15) is 11.1 Å². The number of ether oxygens (including phenoxy) is 3. The van der Waals surface area contributed by atoms with Crippen molar-refractivity contribution < 1.29 is 14.2 Å². The van der Waals surface area contributed by atoms with Gasteiger partial charge in [-0.2, -0.15) is 0 Å². The Kier molecular flexibility index (Phi) is 6.13. The fraction of sp³-hybridized carbons (Fsp3) is 0.154. The highest BCUT2D eigenvalue weighted by atomic mass is 35.5. The second-order valence-corrected chi connectivity index (χ2v) is 9.09. The first-order chi connectivity index (χ1) is 16.5. The number of imidazole rings is 1. The number of thiazole rings is 1. The van der Waals surface area contributed by atoms with Crippen molar-refractivity contribution in [3.63, 3.8) is 0 Å². The zero-order valence-corrected chi connectivity index (χ0v) is 20.2. The minimum atomic E-state index is -0.114. The van der Waals surface area contributed by atoms with E-state index in [0.29, 0.717) is 39.2 Å². The first-order valence-electron chi connectivity index (χ1n) is 10.6. The maximum absolute atomic E-state index is 13.0. The minimum absolute atomic E-state index is 0.114. The molecule has 0 saturated carbocycles. The summed E-state index contributed by atoms with van der Waals surface area (Å²) in [6.45, 7) is 2.68. The lowest BCUT2D eigenvalue weighted by atomic mass is 10.2. The summed E-state index contributed by atoms with van der Waals surface area (Å²) in [6, 6.07) is 19.0. The van der Waals surface area contributed by atoms with Gasteiger partial charge in [-0.25, -0.2) is 9.38 Å². The highest BCUT2D eigenvalue weighted by Gasteiger charge is 2.14. The molecular weight excluding hydrogens is 472 g/mol. The van der Waals surface area contributed by atoms with Crippen LogP contribution in [0, 0.1) is 6.92 Å². The van der Waals surface area contributed by atoms with E-state index in [9.17, 15) is 4.79 Å². The molecule has 34 heavy (non-hydrogen) atoms. The quantitative estimate of drug-likeness (QED) is 0.303. The average Bonchev–Trinajstić information content (AvgIpc) is 3.34. The number of aryl methyl sites for hydroxylation is 1. The number of fused-ring (bicyclic) bond motifs is 3. The standard InChI is InChI=1S/C26H21ClN2O4S/c1-16-7-9-18(10-8-16)32-11-12-33-24-19(27)13-17(14-22(24)31-2)15-23-25(30)29-21-6-4-3-5-20(21)28-26(29)34-23/h3-10,13-15H,11-12H2,1-2H3. The Morgan fingerprint density at radius 2 is 1.82 bits per heavy atom. The molecule has 5 rings (SSSR count). The summed E-state index contributed by atoms with van der Waals surface area (Å²) < 4.78 is 19.3. The molecule has 0 bridgehead atoms. The van der Waals surface area contributed by atoms with Gasteiger partial charge >= 0.3 is 0 Å². The normalized spacial score (nSPS) is 11.9. The fourth-order valence-corrected chi connectivity index (χ4v) is 4.92.